The number of rotatable bonds is 7. The van der Waals surface area contributed by atoms with E-state index >= 15 is 0 Å². The zero-order valence-corrected chi connectivity index (χ0v) is 15.4. The van der Waals surface area contributed by atoms with Gasteiger partial charge in [0.1, 0.15) is 5.54 Å². The van der Waals surface area contributed by atoms with E-state index in [2.05, 4.69) is 15.5 Å². The highest BCUT2D eigenvalue weighted by molar-refractivity contribution is 6.06. The molecule has 2 fully saturated rings. The largest absolute Gasteiger partial charge is 0.402 e. The minimum atomic E-state index is -0.753. The van der Waals surface area contributed by atoms with Crippen LogP contribution >= 0.6 is 0 Å². The third-order valence-corrected chi connectivity index (χ3v) is 5.37. The number of carbonyl (C=O) groups is 2. The van der Waals surface area contributed by atoms with Crippen LogP contribution in [0, 0.1) is 11.3 Å². The molecule has 3 amide bonds. The lowest BCUT2D eigenvalue weighted by molar-refractivity contribution is -0.131. The fraction of sp³-hybridized carbons (Fsp3) is 0.706. The molecular weight excluding hydrogens is 320 g/mol. The van der Waals surface area contributed by atoms with Crippen molar-refractivity contribution in [2.75, 3.05) is 40.8 Å². The van der Waals surface area contributed by atoms with Gasteiger partial charge in [-0.05, 0) is 45.7 Å². The summed E-state index contributed by atoms with van der Waals surface area (Å²) in [5.41, 5.74) is 7.18. The molecule has 1 heterocycles. The van der Waals surface area contributed by atoms with Crippen LogP contribution in [-0.2, 0) is 4.79 Å². The van der Waals surface area contributed by atoms with Crippen LogP contribution in [0.1, 0.15) is 25.7 Å². The summed E-state index contributed by atoms with van der Waals surface area (Å²) < 4.78 is 0. The van der Waals surface area contributed by atoms with Crippen LogP contribution in [-0.4, -0.2) is 74.3 Å². The highest BCUT2D eigenvalue weighted by atomic mass is 16.2. The first-order valence-corrected chi connectivity index (χ1v) is 8.77. The van der Waals surface area contributed by atoms with Crippen LogP contribution in [0.15, 0.2) is 11.3 Å². The van der Waals surface area contributed by atoms with Gasteiger partial charge in [-0.1, -0.05) is 0 Å². The molecule has 2 aliphatic rings. The van der Waals surface area contributed by atoms with Gasteiger partial charge in [-0.25, -0.2) is 4.79 Å². The third-order valence-electron chi connectivity index (χ3n) is 5.37. The van der Waals surface area contributed by atoms with Crippen LogP contribution in [0.3, 0.4) is 0 Å². The average molecular weight is 350 g/mol. The van der Waals surface area contributed by atoms with E-state index in [1.54, 1.807) is 0 Å². The number of likely N-dealkylation sites (N-methyl/N-ethyl adjacent to an activating group) is 3. The molecule has 1 spiro atoms. The molecule has 25 heavy (non-hydrogen) atoms. The fourth-order valence-corrected chi connectivity index (χ4v) is 3.67. The number of nitrogens with two attached hydrogens (primary N) is 1. The van der Waals surface area contributed by atoms with Gasteiger partial charge in [0.25, 0.3) is 5.91 Å². The number of urea groups is 1. The van der Waals surface area contributed by atoms with Crippen molar-refractivity contribution < 1.29 is 9.59 Å². The molecule has 0 unspecified atom stereocenters. The number of carbonyl (C=O) groups excluding carboxylic acids is 2. The van der Waals surface area contributed by atoms with Gasteiger partial charge in [0.2, 0.25) is 0 Å². The summed E-state index contributed by atoms with van der Waals surface area (Å²) in [6.07, 6.45) is 4.00. The average Bonchev–Trinajstić information content (AvgIpc) is 2.82. The van der Waals surface area contributed by atoms with Gasteiger partial charge in [-0.3, -0.25) is 9.69 Å². The van der Waals surface area contributed by atoms with Gasteiger partial charge in [0, 0.05) is 44.2 Å². The Hall–Kier alpha value is -1.93. The molecule has 0 radical (unpaired) electrons. The van der Waals surface area contributed by atoms with Gasteiger partial charge < -0.3 is 26.7 Å². The molecule has 1 saturated carbocycles. The summed E-state index contributed by atoms with van der Waals surface area (Å²) >= 11 is 0. The SMILES string of the molecule is CNCCN(C)CC(C=N)=C(N)C1CCC2(CC1)NC(=O)N(C)C2=O. The first-order valence-electron chi connectivity index (χ1n) is 8.77. The Balaban J connectivity index is 2.01. The number of imide groups is 1. The summed E-state index contributed by atoms with van der Waals surface area (Å²) in [4.78, 5) is 27.4. The predicted octanol–water partition coefficient (Wildman–Crippen LogP) is 0.111. The van der Waals surface area contributed by atoms with Crippen molar-refractivity contribution in [3.63, 3.8) is 0 Å². The lowest BCUT2D eigenvalue weighted by Crippen LogP contribution is -2.50. The number of nitrogens with zero attached hydrogens (tertiary/aromatic N) is 2. The Morgan fingerprint density at radius 1 is 1.48 bits per heavy atom. The first kappa shape index (κ1) is 19.4. The maximum atomic E-state index is 12.4. The van der Waals surface area contributed by atoms with Crippen molar-refractivity contribution in [1.82, 2.24) is 20.4 Å². The monoisotopic (exact) mass is 350 g/mol. The maximum Gasteiger partial charge on any atom is 0.324 e. The second-order valence-corrected chi connectivity index (χ2v) is 7.12. The van der Waals surface area contributed by atoms with Gasteiger partial charge in [-0.2, -0.15) is 0 Å². The minimum Gasteiger partial charge on any atom is -0.402 e. The van der Waals surface area contributed by atoms with Crippen LogP contribution in [0.2, 0.25) is 0 Å². The Morgan fingerprint density at radius 2 is 2.12 bits per heavy atom. The Bertz CT molecular complexity index is 565. The van der Waals surface area contributed by atoms with Crippen LogP contribution < -0.4 is 16.4 Å². The molecule has 0 aromatic heterocycles. The summed E-state index contributed by atoms with van der Waals surface area (Å²) in [5.74, 6) is 0.00751. The number of nitrogens with one attached hydrogen (secondary N) is 3. The van der Waals surface area contributed by atoms with Crippen molar-refractivity contribution in [3.8, 4) is 0 Å². The second kappa shape index (κ2) is 7.97. The molecule has 0 aromatic carbocycles. The minimum absolute atomic E-state index is 0.141. The molecule has 0 atom stereocenters. The summed E-state index contributed by atoms with van der Waals surface area (Å²) in [6, 6.07) is -0.321. The topological polar surface area (TPSA) is 115 Å². The molecule has 5 N–H and O–H groups in total. The summed E-state index contributed by atoms with van der Waals surface area (Å²) in [5, 5.41) is 13.7. The number of amides is 3. The van der Waals surface area contributed by atoms with E-state index in [4.69, 9.17) is 11.1 Å². The van der Waals surface area contributed by atoms with E-state index in [1.165, 1.54) is 18.2 Å². The number of hydrogen-bond donors (Lipinski definition) is 4. The van der Waals surface area contributed by atoms with Crippen molar-refractivity contribution in [1.29, 1.82) is 5.41 Å². The Labute approximate surface area is 149 Å². The van der Waals surface area contributed by atoms with E-state index in [1.807, 2.05) is 14.1 Å². The number of allylic oxidation sites excluding steroid dienone is 1. The smallest absolute Gasteiger partial charge is 0.324 e. The van der Waals surface area contributed by atoms with Gasteiger partial charge in [-0.15, -0.1) is 0 Å². The zero-order chi connectivity index (χ0) is 18.6. The normalized spacial score (nSPS) is 27.7. The van der Waals surface area contributed by atoms with Gasteiger partial charge in [0.15, 0.2) is 0 Å². The van der Waals surface area contributed by atoms with Crippen LogP contribution in [0.25, 0.3) is 0 Å². The molecule has 0 aromatic rings. The van der Waals surface area contributed by atoms with E-state index < -0.39 is 5.54 Å². The highest BCUT2D eigenvalue weighted by Gasteiger charge is 2.51. The van der Waals surface area contributed by atoms with E-state index in [0.29, 0.717) is 19.4 Å². The van der Waals surface area contributed by atoms with Crippen LogP contribution in [0.4, 0.5) is 4.79 Å². The Morgan fingerprint density at radius 3 is 2.60 bits per heavy atom. The second-order valence-electron chi connectivity index (χ2n) is 7.12. The van der Waals surface area contributed by atoms with Crippen molar-refractivity contribution in [2.45, 2.75) is 31.2 Å². The molecule has 2 rings (SSSR count). The molecule has 140 valence electrons. The fourth-order valence-electron chi connectivity index (χ4n) is 3.67. The van der Waals surface area contributed by atoms with E-state index in [-0.39, 0.29) is 17.9 Å². The van der Waals surface area contributed by atoms with Gasteiger partial charge in [0.05, 0.1) is 0 Å². The lowest BCUT2D eigenvalue weighted by Gasteiger charge is -2.35. The van der Waals surface area contributed by atoms with E-state index in [0.717, 1.165) is 37.2 Å². The van der Waals surface area contributed by atoms with Crippen molar-refractivity contribution in [3.05, 3.63) is 11.3 Å². The quantitative estimate of drug-likeness (QED) is 0.384. The summed E-state index contributed by atoms with van der Waals surface area (Å²) in [6.45, 7) is 2.39. The summed E-state index contributed by atoms with van der Waals surface area (Å²) in [7, 11) is 5.43. The number of hydrogen-bond acceptors (Lipinski definition) is 6. The molecule has 8 nitrogen and oxygen atoms in total. The third kappa shape index (κ3) is 4.01. The predicted molar refractivity (Wildman–Crippen MR) is 97.4 cm³/mol. The standard InChI is InChI=1S/C17H30N6O2/c1-20-8-9-22(2)11-13(10-18)14(19)12-4-6-17(7-5-12)15(24)23(3)16(25)21-17/h10,12,18,20H,4-9,11,19H2,1-3H3,(H,21,25). The van der Waals surface area contributed by atoms with Crippen LogP contribution in [0.5, 0.6) is 0 Å². The van der Waals surface area contributed by atoms with Crippen molar-refractivity contribution >= 4 is 18.2 Å². The highest BCUT2D eigenvalue weighted by Crippen LogP contribution is 2.38. The maximum absolute atomic E-state index is 12.4. The molecule has 1 saturated heterocycles. The molecule has 8 heteroatoms. The zero-order valence-electron chi connectivity index (χ0n) is 15.4. The molecule has 1 aliphatic heterocycles. The van der Waals surface area contributed by atoms with E-state index in [9.17, 15) is 9.59 Å². The molecule has 1 aliphatic carbocycles. The van der Waals surface area contributed by atoms with Crippen molar-refractivity contribution in [2.24, 2.45) is 11.7 Å². The lowest BCUT2D eigenvalue weighted by atomic mass is 9.74. The van der Waals surface area contributed by atoms with Gasteiger partial charge >= 0.3 is 6.03 Å². The Kier molecular flexibility index (Phi) is 6.18. The first-order chi connectivity index (χ1) is 11.8. The molecular formula is C17H30N6O2. The molecule has 0 bridgehead atoms.